The maximum Gasteiger partial charge on any atom is 0.336 e. The van der Waals surface area contributed by atoms with Gasteiger partial charge >= 0.3 is 5.97 Å². The Morgan fingerprint density at radius 1 is 1.18 bits per heavy atom. The first-order valence-corrected chi connectivity index (χ1v) is 13.1. The highest BCUT2D eigenvalue weighted by Crippen LogP contribution is 2.40. The number of aliphatic carboxylic acids is 1. The average molecular weight is 563 g/mol. The topological polar surface area (TPSA) is 120 Å². The van der Waals surface area contributed by atoms with E-state index in [9.17, 15) is 27.9 Å². The molecule has 0 bridgehead atoms. The number of amides is 1. The van der Waals surface area contributed by atoms with Gasteiger partial charge in [0, 0.05) is 41.8 Å². The summed E-state index contributed by atoms with van der Waals surface area (Å²) in [7, 11) is 0. The smallest absolute Gasteiger partial charge is 0.336 e. The predicted octanol–water partition coefficient (Wildman–Crippen LogP) is 3.69. The van der Waals surface area contributed by atoms with E-state index in [0.29, 0.717) is 10.6 Å². The van der Waals surface area contributed by atoms with Gasteiger partial charge in [-0.1, -0.05) is 12.1 Å². The van der Waals surface area contributed by atoms with Gasteiger partial charge in [0.15, 0.2) is 16.0 Å². The van der Waals surface area contributed by atoms with Crippen LogP contribution in [0.4, 0.5) is 18.3 Å². The molecule has 0 spiro atoms. The van der Waals surface area contributed by atoms with Gasteiger partial charge in [-0.15, -0.1) is 22.7 Å². The number of anilines is 1. The molecule has 14 heteroatoms. The molecule has 38 heavy (non-hydrogen) atoms. The standard InChI is InChI=1S/C24H21F3N6O3S2/c1-23(13-2-4-14(25)5-3-13)17(21(35)36)15(30-18(32-23)20-28-6-8-37-20)11-33-12-24(26,27)10-16(33)19(34)31-22-29-7-9-38-22/h2-9,16H,10-12H2,1H3,(H,30,32)(H,35,36)(H,29,31,34)/t16-,23-/m0/s1. The lowest BCUT2D eigenvalue weighted by atomic mass is 9.82. The highest BCUT2D eigenvalue weighted by molar-refractivity contribution is 7.13. The van der Waals surface area contributed by atoms with E-state index in [-0.39, 0.29) is 28.8 Å². The van der Waals surface area contributed by atoms with Crippen LogP contribution in [0.5, 0.6) is 0 Å². The van der Waals surface area contributed by atoms with Gasteiger partial charge < -0.3 is 15.7 Å². The van der Waals surface area contributed by atoms with Crippen LogP contribution in [0, 0.1) is 5.82 Å². The minimum absolute atomic E-state index is 0.0780. The van der Waals surface area contributed by atoms with Gasteiger partial charge in [0.05, 0.1) is 18.2 Å². The van der Waals surface area contributed by atoms with Gasteiger partial charge in [-0.3, -0.25) is 9.69 Å². The van der Waals surface area contributed by atoms with Gasteiger partial charge in [-0.25, -0.2) is 32.9 Å². The second-order valence-electron chi connectivity index (χ2n) is 8.97. The Kier molecular flexibility index (Phi) is 6.79. The van der Waals surface area contributed by atoms with Crippen molar-refractivity contribution in [3.8, 4) is 0 Å². The molecule has 9 nitrogen and oxygen atoms in total. The van der Waals surface area contributed by atoms with E-state index in [1.54, 1.807) is 23.9 Å². The number of aromatic nitrogens is 2. The number of rotatable bonds is 7. The number of thiazole rings is 2. The van der Waals surface area contributed by atoms with Crippen LogP contribution in [0.3, 0.4) is 0 Å². The molecule has 0 radical (unpaired) electrons. The van der Waals surface area contributed by atoms with E-state index in [1.165, 1.54) is 46.7 Å². The highest BCUT2D eigenvalue weighted by Gasteiger charge is 2.50. The van der Waals surface area contributed by atoms with E-state index in [2.05, 4.69) is 25.6 Å². The fourth-order valence-electron chi connectivity index (χ4n) is 4.67. The first kappa shape index (κ1) is 26.0. The predicted molar refractivity (Wildman–Crippen MR) is 136 cm³/mol. The molecule has 0 saturated carbocycles. The maximum atomic E-state index is 14.6. The van der Waals surface area contributed by atoms with E-state index in [0.717, 1.165) is 11.3 Å². The molecule has 0 aliphatic carbocycles. The van der Waals surface area contributed by atoms with E-state index >= 15 is 0 Å². The quantitative estimate of drug-likeness (QED) is 0.402. The van der Waals surface area contributed by atoms with Crippen LogP contribution in [-0.4, -0.2) is 62.7 Å². The van der Waals surface area contributed by atoms with Crippen molar-refractivity contribution >= 4 is 45.5 Å². The summed E-state index contributed by atoms with van der Waals surface area (Å²) in [5.41, 5.74) is -1.26. The Balaban J connectivity index is 1.56. The van der Waals surface area contributed by atoms with Crippen LogP contribution in [0.2, 0.25) is 0 Å². The van der Waals surface area contributed by atoms with Crippen molar-refractivity contribution in [1.82, 2.24) is 20.2 Å². The van der Waals surface area contributed by atoms with Gasteiger partial charge in [-0.05, 0) is 24.6 Å². The van der Waals surface area contributed by atoms with Crippen molar-refractivity contribution in [1.29, 1.82) is 0 Å². The number of carboxylic acids is 1. The monoisotopic (exact) mass is 562 g/mol. The number of benzene rings is 1. The lowest BCUT2D eigenvalue weighted by Gasteiger charge is -2.36. The van der Waals surface area contributed by atoms with Crippen molar-refractivity contribution in [3.63, 3.8) is 0 Å². The lowest BCUT2D eigenvalue weighted by molar-refractivity contribution is -0.133. The van der Waals surface area contributed by atoms with Crippen molar-refractivity contribution in [2.75, 3.05) is 18.4 Å². The molecule has 0 unspecified atom stereocenters. The molecule has 2 aromatic heterocycles. The first-order valence-electron chi connectivity index (χ1n) is 11.4. The van der Waals surface area contributed by atoms with Crippen LogP contribution in [0.15, 0.2) is 63.7 Å². The summed E-state index contributed by atoms with van der Waals surface area (Å²) in [6.45, 7) is 0.496. The Morgan fingerprint density at radius 2 is 1.89 bits per heavy atom. The van der Waals surface area contributed by atoms with Crippen molar-refractivity contribution in [2.45, 2.75) is 30.8 Å². The molecule has 1 aromatic carbocycles. The summed E-state index contributed by atoms with van der Waals surface area (Å²) in [5.74, 6) is -5.45. The highest BCUT2D eigenvalue weighted by atomic mass is 32.1. The minimum Gasteiger partial charge on any atom is -0.478 e. The zero-order valence-corrected chi connectivity index (χ0v) is 21.5. The SMILES string of the molecule is C[C@@]1(c2ccc(F)cc2)N=C(c2nccs2)NC(CN2CC(F)(F)C[C@H]2C(=O)Nc2nccs2)=C1C(=O)O. The first-order chi connectivity index (χ1) is 18.1. The molecular formula is C24H21F3N6O3S2. The van der Waals surface area contributed by atoms with E-state index in [1.807, 2.05) is 0 Å². The summed E-state index contributed by atoms with van der Waals surface area (Å²) in [5, 5.41) is 19.9. The Labute approximate surface area is 222 Å². The molecule has 2 aliphatic heterocycles. The molecule has 3 N–H and O–H groups in total. The molecule has 1 amide bonds. The van der Waals surface area contributed by atoms with Crippen molar-refractivity contribution in [2.24, 2.45) is 4.99 Å². The average Bonchev–Trinajstić information content (AvgIpc) is 3.61. The van der Waals surface area contributed by atoms with Crippen LogP contribution in [0.25, 0.3) is 0 Å². The van der Waals surface area contributed by atoms with Crippen LogP contribution < -0.4 is 10.6 Å². The van der Waals surface area contributed by atoms with E-state index < -0.39 is 48.2 Å². The van der Waals surface area contributed by atoms with Crippen LogP contribution in [-0.2, 0) is 15.1 Å². The third kappa shape index (κ3) is 5.06. The summed E-state index contributed by atoms with van der Waals surface area (Å²) in [6.07, 6.45) is 2.30. The number of carboxylic acid groups (broad SMARTS) is 1. The normalized spacial score (nSPS) is 23.2. The maximum absolute atomic E-state index is 14.6. The summed E-state index contributed by atoms with van der Waals surface area (Å²) >= 11 is 2.40. The Morgan fingerprint density at radius 3 is 2.53 bits per heavy atom. The number of aliphatic imine (C=N–C) groups is 1. The number of hydrogen-bond acceptors (Lipinski definition) is 9. The number of halogens is 3. The summed E-state index contributed by atoms with van der Waals surface area (Å²) in [6, 6.07) is 4.01. The summed E-state index contributed by atoms with van der Waals surface area (Å²) < 4.78 is 42.9. The number of alkyl halides is 2. The van der Waals surface area contributed by atoms with Gasteiger partial charge in [0.25, 0.3) is 5.92 Å². The molecule has 2 atom stereocenters. The van der Waals surface area contributed by atoms with Crippen LogP contribution >= 0.6 is 22.7 Å². The number of hydrogen-bond donors (Lipinski definition) is 3. The zero-order chi connectivity index (χ0) is 27.1. The number of likely N-dealkylation sites (tertiary alicyclic amines) is 1. The molecule has 5 rings (SSSR count). The van der Waals surface area contributed by atoms with Gasteiger partial charge in [0.1, 0.15) is 11.4 Å². The number of amidine groups is 1. The number of nitrogens with zero attached hydrogens (tertiary/aromatic N) is 4. The Bertz CT molecular complexity index is 1410. The number of carbonyl (C=O) groups is 2. The number of nitrogens with one attached hydrogen (secondary N) is 2. The molecular weight excluding hydrogens is 541 g/mol. The molecule has 4 heterocycles. The van der Waals surface area contributed by atoms with E-state index in [4.69, 9.17) is 0 Å². The van der Waals surface area contributed by atoms with Crippen LogP contribution in [0.1, 0.15) is 23.9 Å². The van der Waals surface area contributed by atoms with Crippen molar-refractivity contribution < 1.29 is 27.9 Å². The zero-order valence-electron chi connectivity index (χ0n) is 19.8. The third-order valence-electron chi connectivity index (χ3n) is 6.34. The molecule has 3 aromatic rings. The molecule has 198 valence electrons. The second-order valence-corrected chi connectivity index (χ2v) is 10.8. The second kappa shape index (κ2) is 9.93. The van der Waals surface area contributed by atoms with Crippen molar-refractivity contribution in [3.05, 3.63) is 75.1 Å². The van der Waals surface area contributed by atoms with Gasteiger partial charge in [0.2, 0.25) is 5.91 Å². The molecule has 1 saturated heterocycles. The molecule has 2 aliphatic rings. The fraction of sp³-hybridized carbons (Fsp3) is 0.292. The summed E-state index contributed by atoms with van der Waals surface area (Å²) in [4.78, 5) is 39.7. The lowest BCUT2D eigenvalue weighted by Crippen LogP contribution is -2.47. The van der Waals surface area contributed by atoms with Gasteiger partial charge in [-0.2, -0.15) is 0 Å². The third-order valence-corrected chi connectivity index (χ3v) is 7.81. The number of carbonyl (C=O) groups excluding carboxylic acids is 1. The largest absolute Gasteiger partial charge is 0.478 e. The fourth-order valence-corrected chi connectivity index (χ4v) is 5.79. The minimum atomic E-state index is -3.17. The molecule has 1 fully saturated rings. The Hall–Kier alpha value is -3.62.